The Morgan fingerprint density at radius 2 is 1.88 bits per heavy atom. The summed E-state index contributed by atoms with van der Waals surface area (Å²) in [5.41, 5.74) is 2.15. The minimum absolute atomic E-state index is 0.117. The van der Waals surface area contributed by atoms with Crippen LogP contribution in [0.5, 0.6) is 5.75 Å². The maximum absolute atomic E-state index is 14.7. The molecule has 7 heteroatoms. The van der Waals surface area contributed by atoms with Crippen molar-refractivity contribution >= 4 is 17.4 Å². The third-order valence-electron chi connectivity index (χ3n) is 5.28. The van der Waals surface area contributed by atoms with Crippen LogP contribution in [0.25, 0.3) is 11.1 Å². The Hall–Kier alpha value is -3.61. The van der Waals surface area contributed by atoms with Gasteiger partial charge in [0.05, 0.1) is 12.8 Å². The van der Waals surface area contributed by atoms with Gasteiger partial charge in [0.2, 0.25) is 11.9 Å². The van der Waals surface area contributed by atoms with E-state index < -0.39 is 11.8 Å². The number of nitrogens with zero attached hydrogens (tertiary/aromatic N) is 2. The van der Waals surface area contributed by atoms with Gasteiger partial charge >= 0.3 is 0 Å². The highest BCUT2D eigenvalue weighted by Crippen LogP contribution is 2.34. The van der Waals surface area contributed by atoms with Crippen LogP contribution in [0.1, 0.15) is 35.7 Å². The van der Waals surface area contributed by atoms with Gasteiger partial charge in [0.1, 0.15) is 11.6 Å². The standard InChI is InChI=1S/C25H24F2N2O3/c1-4-24(31)29(2)21-11-8-17(14-20(21)26)19-10-7-18(15-23(19)32-3)22(30)12-9-16-6-5-13-28-25(16)27/h5-8,10-11,13-15H,4,9,12H2,1-3H3. The normalized spacial score (nSPS) is 10.7. The van der Waals surface area contributed by atoms with Gasteiger partial charge in [0.25, 0.3) is 0 Å². The highest BCUT2D eigenvalue weighted by Gasteiger charge is 2.17. The highest BCUT2D eigenvalue weighted by atomic mass is 19.1. The van der Waals surface area contributed by atoms with Crippen LogP contribution in [0.15, 0.2) is 54.7 Å². The molecular formula is C25H24F2N2O3. The van der Waals surface area contributed by atoms with Crippen LogP contribution in [0.3, 0.4) is 0 Å². The van der Waals surface area contributed by atoms with Crippen molar-refractivity contribution in [3.05, 3.63) is 77.6 Å². The summed E-state index contributed by atoms with van der Waals surface area (Å²) in [6, 6.07) is 12.7. The number of halogens is 2. The first-order valence-electron chi connectivity index (χ1n) is 10.2. The van der Waals surface area contributed by atoms with Crippen molar-refractivity contribution in [3.63, 3.8) is 0 Å². The van der Waals surface area contributed by atoms with Crippen LogP contribution in [-0.4, -0.2) is 30.8 Å². The summed E-state index contributed by atoms with van der Waals surface area (Å²) in [5, 5.41) is 0. The third kappa shape index (κ3) is 4.99. The molecule has 0 spiro atoms. The van der Waals surface area contributed by atoms with E-state index in [4.69, 9.17) is 4.74 Å². The first-order chi connectivity index (χ1) is 15.3. The fourth-order valence-corrected chi connectivity index (χ4v) is 3.42. The lowest BCUT2D eigenvalue weighted by Crippen LogP contribution is -2.25. The number of amides is 1. The molecule has 0 aliphatic heterocycles. The summed E-state index contributed by atoms with van der Waals surface area (Å²) in [4.78, 5) is 29.4. The number of pyridine rings is 1. The van der Waals surface area contributed by atoms with E-state index in [1.54, 1.807) is 49.4 Å². The lowest BCUT2D eigenvalue weighted by atomic mass is 9.98. The molecular weight excluding hydrogens is 414 g/mol. The van der Waals surface area contributed by atoms with Gasteiger partial charge in [-0.05, 0) is 42.3 Å². The van der Waals surface area contributed by atoms with Crippen LogP contribution in [0, 0.1) is 11.8 Å². The first kappa shape index (κ1) is 23.1. The maximum Gasteiger partial charge on any atom is 0.226 e. The van der Waals surface area contributed by atoms with Crippen LogP contribution >= 0.6 is 0 Å². The number of carbonyl (C=O) groups excluding carboxylic acids is 2. The number of hydrogen-bond acceptors (Lipinski definition) is 4. The number of benzene rings is 2. The number of ketones is 1. The highest BCUT2D eigenvalue weighted by molar-refractivity contribution is 5.97. The van der Waals surface area contributed by atoms with Crippen LogP contribution in [0.2, 0.25) is 0 Å². The third-order valence-corrected chi connectivity index (χ3v) is 5.28. The molecule has 0 radical (unpaired) electrons. The quantitative estimate of drug-likeness (QED) is 0.357. The molecule has 0 saturated heterocycles. The van der Waals surface area contributed by atoms with Gasteiger partial charge in [-0.1, -0.05) is 25.1 Å². The van der Waals surface area contributed by atoms with Crippen LogP contribution in [0.4, 0.5) is 14.5 Å². The molecule has 0 saturated carbocycles. The zero-order valence-corrected chi connectivity index (χ0v) is 18.2. The average molecular weight is 438 g/mol. The zero-order valence-electron chi connectivity index (χ0n) is 18.2. The minimum Gasteiger partial charge on any atom is -0.496 e. The van der Waals surface area contributed by atoms with E-state index in [1.807, 2.05) is 0 Å². The SMILES string of the molecule is CCC(=O)N(C)c1ccc(-c2ccc(C(=O)CCc3cccnc3F)cc2OC)cc1F. The number of anilines is 1. The molecule has 1 aromatic heterocycles. The smallest absolute Gasteiger partial charge is 0.226 e. The van der Waals surface area contributed by atoms with E-state index in [2.05, 4.69) is 4.98 Å². The zero-order chi connectivity index (χ0) is 23.3. The summed E-state index contributed by atoms with van der Waals surface area (Å²) in [7, 11) is 3.00. The Labute approximate surface area is 185 Å². The Kier molecular flexibility index (Phi) is 7.30. The number of Topliss-reactive ketones (excluding diaryl/α,β-unsaturated/α-hetero) is 1. The average Bonchev–Trinajstić information content (AvgIpc) is 2.81. The molecule has 5 nitrogen and oxygen atoms in total. The summed E-state index contributed by atoms with van der Waals surface area (Å²) in [6.45, 7) is 1.71. The second kappa shape index (κ2) is 10.1. The Bertz CT molecular complexity index is 1150. The second-order valence-electron chi connectivity index (χ2n) is 7.26. The Morgan fingerprint density at radius 3 is 2.53 bits per heavy atom. The molecule has 0 aliphatic rings. The first-order valence-corrected chi connectivity index (χ1v) is 10.2. The van der Waals surface area contributed by atoms with Gasteiger partial charge in [-0.25, -0.2) is 9.37 Å². The molecule has 3 aromatic rings. The molecule has 0 bridgehead atoms. The fourth-order valence-electron chi connectivity index (χ4n) is 3.42. The van der Waals surface area contributed by atoms with Crippen molar-refractivity contribution in [2.24, 2.45) is 0 Å². The molecule has 0 N–H and O–H groups in total. The number of rotatable bonds is 8. The fraction of sp³-hybridized carbons (Fsp3) is 0.240. The maximum atomic E-state index is 14.7. The number of hydrogen-bond donors (Lipinski definition) is 0. The van der Waals surface area contributed by atoms with E-state index in [0.29, 0.717) is 28.0 Å². The largest absolute Gasteiger partial charge is 0.496 e. The van der Waals surface area contributed by atoms with Crippen LogP contribution < -0.4 is 9.64 Å². The van der Waals surface area contributed by atoms with E-state index in [1.165, 1.54) is 31.3 Å². The predicted molar refractivity (Wildman–Crippen MR) is 119 cm³/mol. The van der Waals surface area contributed by atoms with Crippen LogP contribution in [-0.2, 0) is 11.2 Å². The van der Waals surface area contributed by atoms with Crippen molar-refractivity contribution < 1.29 is 23.1 Å². The molecule has 166 valence electrons. The molecule has 0 atom stereocenters. The van der Waals surface area contributed by atoms with Gasteiger partial charge in [0.15, 0.2) is 5.78 Å². The van der Waals surface area contributed by atoms with Crippen molar-refractivity contribution in [2.45, 2.75) is 26.2 Å². The van der Waals surface area contributed by atoms with Gasteiger partial charge in [-0.3, -0.25) is 9.59 Å². The Morgan fingerprint density at radius 1 is 1.09 bits per heavy atom. The topological polar surface area (TPSA) is 59.5 Å². The summed E-state index contributed by atoms with van der Waals surface area (Å²) in [5.74, 6) is -1.06. The number of ether oxygens (including phenoxy) is 1. The monoisotopic (exact) mass is 438 g/mol. The minimum atomic E-state index is -0.579. The Balaban J connectivity index is 1.82. The van der Waals surface area contributed by atoms with Crippen molar-refractivity contribution in [1.29, 1.82) is 0 Å². The van der Waals surface area contributed by atoms with Crippen molar-refractivity contribution in [2.75, 3.05) is 19.1 Å². The molecule has 1 heterocycles. The summed E-state index contributed by atoms with van der Waals surface area (Å²) < 4.78 is 33.8. The molecule has 2 aromatic carbocycles. The van der Waals surface area contributed by atoms with Gasteiger partial charge in [-0.15, -0.1) is 0 Å². The molecule has 0 unspecified atom stereocenters. The van der Waals surface area contributed by atoms with Gasteiger partial charge in [-0.2, -0.15) is 4.39 Å². The summed E-state index contributed by atoms with van der Waals surface area (Å²) in [6.07, 6.45) is 1.99. The molecule has 0 fully saturated rings. The number of aromatic nitrogens is 1. The van der Waals surface area contributed by atoms with E-state index in [0.717, 1.165) is 0 Å². The number of methoxy groups -OCH3 is 1. The number of carbonyl (C=O) groups is 2. The van der Waals surface area contributed by atoms with Crippen molar-refractivity contribution in [3.8, 4) is 16.9 Å². The van der Waals surface area contributed by atoms with Gasteiger partial charge < -0.3 is 9.64 Å². The number of aryl methyl sites for hydroxylation is 1. The predicted octanol–water partition coefficient (Wildman–Crippen LogP) is 5.22. The lowest BCUT2D eigenvalue weighted by Gasteiger charge is -2.18. The van der Waals surface area contributed by atoms with Crippen molar-refractivity contribution in [1.82, 2.24) is 4.98 Å². The van der Waals surface area contributed by atoms with E-state index >= 15 is 0 Å². The molecule has 0 aliphatic carbocycles. The van der Waals surface area contributed by atoms with Gasteiger partial charge in [0, 0.05) is 42.8 Å². The van der Waals surface area contributed by atoms with E-state index in [-0.39, 0.29) is 36.6 Å². The molecule has 1 amide bonds. The molecule has 3 rings (SSSR count). The lowest BCUT2D eigenvalue weighted by molar-refractivity contribution is -0.118. The second-order valence-corrected chi connectivity index (χ2v) is 7.26. The van der Waals surface area contributed by atoms with E-state index in [9.17, 15) is 18.4 Å². The molecule has 32 heavy (non-hydrogen) atoms. The summed E-state index contributed by atoms with van der Waals surface area (Å²) >= 11 is 0.